The minimum Gasteiger partial charge on any atom is -0.451 e. The molecular weight excluding hydrogens is 587 g/mol. The van der Waals surface area contributed by atoms with Crippen molar-refractivity contribution in [3.05, 3.63) is 110 Å². The van der Waals surface area contributed by atoms with E-state index in [1.165, 1.54) is 12.3 Å². The second-order valence-corrected chi connectivity index (χ2v) is 10.5. The number of rotatable bonds is 7. The number of hydrazone groups is 1. The summed E-state index contributed by atoms with van der Waals surface area (Å²) >= 11 is 13.2. The van der Waals surface area contributed by atoms with E-state index in [4.69, 9.17) is 27.6 Å². The lowest BCUT2D eigenvalue weighted by atomic mass is 10.1. The van der Waals surface area contributed by atoms with Gasteiger partial charge in [-0.2, -0.15) is 5.10 Å². The molecule has 0 saturated heterocycles. The van der Waals surface area contributed by atoms with Crippen LogP contribution in [-0.2, 0) is 0 Å². The van der Waals surface area contributed by atoms with Gasteiger partial charge in [0.05, 0.1) is 21.1 Å². The number of hydrogen-bond acceptors (Lipinski definition) is 8. The van der Waals surface area contributed by atoms with Crippen LogP contribution in [0.1, 0.15) is 16.1 Å². The first kappa shape index (κ1) is 26.5. The molecule has 2 heterocycles. The molecule has 0 aliphatic heterocycles. The van der Waals surface area contributed by atoms with E-state index in [0.29, 0.717) is 37.5 Å². The van der Waals surface area contributed by atoms with E-state index in [0.717, 1.165) is 27.9 Å². The molecule has 1 amide bonds. The molecule has 0 fully saturated rings. The zero-order chi connectivity index (χ0) is 28.5. The lowest BCUT2D eigenvalue weighted by Crippen LogP contribution is -2.16. The maximum absolute atomic E-state index is 12.7. The van der Waals surface area contributed by atoms with E-state index in [-0.39, 0.29) is 16.6 Å². The van der Waals surface area contributed by atoms with E-state index in [9.17, 15) is 14.9 Å². The molecule has 4 aromatic carbocycles. The van der Waals surface area contributed by atoms with Crippen molar-refractivity contribution in [2.75, 3.05) is 0 Å². The van der Waals surface area contributed by atoms with Crippen molar-refractivity contribution in [3.63, 3.8) is 0 Å². The standard InChI is InChI=1S/C28H16Cl2N6O4S/c29-17-7-8-19(21(30)12-17)26-32-28(35-33-26)41-25-10-5-15(11-22(25)36(38)39)14-31-34-27(37)24-13-20-18-4-2-1-3-16(18)6-9-23(20)40-24/h1-14H,(H,34,37)(H,32,33,35)/b31-14+. The Morgan fingerprint density at radius 2 is 1.90 bits per heavy atom. The molecule has 0 aliphatic rings. The highest BCUT2D eigenvalue weighted by Crippen LogP contribution is 2.35. The van der Waals surface area contributed by atoms with Gasteiger partial charge in [-0.1, -0.05) is 59.6 Å². The number of carbonyl (C=O) groups is 1. The Morgan fingerprint density at radius 3 is 2.73 bits per heavy atom. The molecular formula is C28H16Cl2N6O4S. The fourth-order valence-electron chi connectivity index (χ4n) is 4.16. The van der Waals surface area contributed by atoms with Crippen LogP contribution in [0.25, 0.3) is 33.1 Å². The average Bonchev–Trinajstić information content (AvgIpc) is 3.61. The lowest BCUT2D eigenvalue weighted by molar-refractivity contribution is -0.387. The molecule has 6 rings (SSSR count). The average molecular weight is 603 g/mol. The molecule has 0 saturated carbocycles. The number of halogens is 2. The van der Waals surface area contributed by atoms with Crippen LogP contribution < -0.4 is 5.43 Å². The molecule has 0 atom stereocenters. The molecule has 0 unspecified atom stereocenters. The van der Waals surface area contributed by atoms with Crippen molar-refractivity contribution in [3.8, 4) is 11.4 Å². The minimum absolute atomic E-state index is 0.0944. The summed E-state index contributed by atoms with van der Waals surface area (Å²) in [6.07, 6.45) is 1.31. The number of nitro benzene ring substituents is 1. The first-order valence-electron chi connectivity index (χ1n) is 11.9. The number of aromatic amines is 1. The Hall–Kier alpha value is -4.71. The van der Waals surface area contributed by atoms with Crippen LogP contribution in [0.3, 0.4) is 0 Å². The lowest BCUT2D eigenvalue weighted by Gasteiger charge is -2.02. The van der Waals surface area contributed by atoms with E-state index in [1.807, 2.05) is 36.4 Å². The normalized spacial score (nSPS) is 11.5. The van der Waals surface area contributed by atoms with Crippen molar-refractivity contribution < 1.29 is 14.1 Å². The molecule has 0 bridgehead atoms. The topological polar surface area (TPSA) is 139 Å². The Bertz CT molecular complexity index is 2010. The molecule has 6 aromatic rings. The van der Waals surface area contributed by atoms with Crippen LogP contribution in [0.15, 0.2) is 98.4 Å². The van der Waals surface area contributed by atoms with E-state index >= 15 is 0 Å². The molecule has 10 nitrogen and oxygen atoms in total. The summed E-state index contributed by atoms with van der Waals surface area (Å²) in [5, 5.41) is 26.6. The number of furan rings is 1. The second kappa shape index (κ2) is 11.0. The predicted molar refractivity (Wildman–Crippen MR) is 158 cm³/mol. The third-order valence-electron chi connectivity index (χ3n) is 6.06. The molecule has 2 N–H and O–H groups in total. The smallest absolute Gasteiger partial charge is 0.307 e. The number of hydrogen-bond donors (Lipinski definition) is 2. The number of nitrogens with one attached hydrogen (secondary N) is 2. The van der Waals surface area contributed by atoms with Crippen molar-refractivity contribution >= 4 is 74.5 Å². The Balaban J connectivity index is 1.17. The maximum Gasteiger partial charge on any atom is 0.307 e. The van der Waals surface area contributed by atoms with Gasteiger partial charge in [-0.05, 0) is 58.9 Å². The first-order valence-corrected chi connectivity index (χ1v) is 13.5. The van der Waals surface area contributed by atoms with Gasteiger partial charge in [0.25, 0.3) is 5.69 Å². The van der Waals surface area contributed by atoms with Gasteiger partial charge in [0.15, 0.2) is 11.6 Å². The van der Waals surface area contributed by atoms with Crippen LogP contribution in [0, 0.1) is 10.1 Å². The highest BCUT2D eigenvalue weighted by molar-refractivity contribution is 7.99. The van der Waals surface area contributed by atoms with Gasteiger partial charge in [-0.3, -0.25) is 20.0 Å². The molecule has 0 radical (unpaired) electrons. The van der Waals surface area contributed by atoms with E-state index in [2.05, 4.69) is 25.7 Å². The van der Waals surface area contributed by atoms with Crippen LogP contribution >= 0.6 is 35.0 Å². The molecule has 2 aromatic heterocycles. The quantitative estimate of drug-likeness (QED) is 0.109. The maximum atomic E-state index is 12.7. The number of nitro groups is 1. The molecule has 13 heteroatoms. The van der Waals surface area contributed by atoms with Crippen molar-refractivity contribution in [2.24, 2.45) is 5.10 Å². The first-order chi connectivity index (χ1) is 19.9. The summed E-state index contributed by atoms with van der Waals surface area (Å²) in [5.41, 5.74) is 3.80. The van der Waals surface area contributed by atoms with E-state index < -0.39 is 10.8 Å². The van der Waals surface area contributed by atoms with Crippen LogP contribution in [0.2, 0.25) is 10.0 Å². The van der Waals surface area contributed by atoms with Crippen LogP contribution in [0.4, 0.5) is 5.69 Å². The zero-order valence-electron chi connectivity index (χ0n) is 20.7. The number of fused-ring (bicyclic) bond motifs is 3. The number of H-pyrrole nitrogens is 1. The second-order valence-electron chi connectivity index (χ2n) is 8.69. The summed E-state index contributed by atoms with van der Waals surface area (Å²) in [6, 6.07) is 22.7. The highest BCUT2D eigenvalue weighted by Gasteiger charge is 2.19. The SMILES string of the molecule is O=C(N/N=C/c1ccc(Sc2n[nH]c(-c3ccc(Cl)cc3Cl)n2)c([N+](=O)[O-])c1)c1cc2c(ccc3ccccc32)o1. The number of amides is 1. The van der Waals surface area contributed by atoms with Gasteiger partial charge < -0.3 is 4.42 Å². The Morgan fingerprint density at radius 1 is 1.05 bits per heavy atom. The monoisotopic (exact) mass is 602 g/mol. The summed E-state index contributed by atoms with van der Waals surface area (Å²) in [4.78, 5) is 28.6. The van der Waals surface area contributed by atoms with Crippen LogP contribution in [0.5, 0.6) is 0 Å². The van der Waals surface area contributed by atoms with Gasteiger partial charge in [-0.15, -0.1) is 5.10 Å². The van der Waals surface area contributed by atoms with Crippen molar-refractivity contribution in [2.45, 2.75) is 10.1 Å². The van der Waals surface area contributed by atoms with Gasteiger partial charge in [0, 0.05) is 27.6 Å². The number of aromatic nitrogens is 3. The third kappa shape index (κ3) is 5.50. The molecule has 0 aliphatic carbocycles. The summed E-state index contributed by atoms with van der Waals surface area (Å²) < 4.78 is 5.70. The van der Waals surface area contributed by atoms with Gasteiger partial charge in [0.1, 0.15) is 5.58 Å². The number of benzene rings is 4. The molecule has 0 spiro atoms. The Labute approximate surface area is 245 Å². The van der Waals surface area contributed by atoms with Crippen LogP contribution in [-0.4, -0.2) is 32.2 Å². The zero-order valence-corrected chi connectivity index (χ0v) is 23.0. The van der Waals surface area contributed by atoms with Crippen molar-refractivity contribution in [1.82, 2.24) is 20.6 Å². The Kier molecular flexibility index (Phi) is 7.14. The number of carbonyl (C=O) groups excluding carboxylic acids is 1. The number of nitrogens with zero attached hydrogens (tertiary/aromatic N) is 4. The van der Waals surface area contributed by atoms with Gasteiger partial charge >= 0.3 is 5.91 Å². The fraction of sp³-hybridized carbons (Fsp3) is 0. The summed E-state index contributed by atoms with van der Waals surface area (Å²) in [7, 11) is 0. The summed E-state index contributed by atoms with van der Waals surface area (Å²) in [5.74, 6) is -0.0599. The largest absolute Gasteiger partial charge is 0.451 e. The summed E-state index contributed by atoms with van der Waals surface area (Å²) in [6.45, 7) is 0. The van der Waals surface area contributed by atoms with Crippen molar-refractivity contribution in [1.29, 1.82) is 0 Å². The third-order valence-corrected chi connectivity index (χ3v) is 7.54. The fourth-order valence-corrected chi connectivity index (χ4v) is 5.46. The minimum atomic E-state index is -0.551. The molecule has 41 heavy (non-hydrogen) atoms. The van der Waals surface area contributed by atoms with E-state index in [1.54, 1.807) is 36.4 Å². The van der Waals surface area contributed by atoms with Gasteiger partial charge in [0.2, 0.25) is 5.16 Å². The highest BCUT2D eigenvalue weighted by atomic mass is 35.5. The predicted octanol–water partition coefficient (Wildman–Crippen LogP) is 7.50. The van der Waals surface area contributed by atoms with Gasteiger partial charge in [-0.25, -0.2) is 10.4 Å². The molecule has 202 valence electrons.